The Hall–Kier alpha value is -2.90. The lowest BCUT2D eigenvalue weighted by Crippen LogP contribution is -2.43. The normalized spacial score (nSPS) is 22.5. The lowest BCUT2D eigenvalue weighted by molar-refractivity contribution is -0.573. The largest absolute Gasteiger partial charge is 0.289 e. The fourth-order valence-electron chi connectivity index (χ4n) is 6.13. The zero-order valence-electron chi connectivity index (χ0n) is 19.6. The Balaban J connectivity index is 1.84. The summed E-state index contributed by atoms with van der Waals surface area (Å²) >= 11 is 0. The summed E-state index contributed by atoms with van der Waals surface area (Å²) < 4.78 is 0. The number of Topliss-reactive ketones (excluding diaryl/α,β-unsaturated/α-hetero) is 2. The number of nitro groups is 2. The Bertz CT molecular complexity index is 946. The first-order chi connectivity index (χ1) is 16.3. The number of rotatable bonds is 6. The van der Waals surface area contributed by atoms with E-state index >= 15 is 0 Å². The molecule has 0 saturated heterocycles. The second-order valence-corrected chi connectivity index (χ2v) is 10.3. The van der Waals surface area contributed by atoms with Crippen molar-refractivity contribution in [3.8, 4) is 0 Å². The molecule has 0 spiro atoms. The molecule has 0 aromatic heterocycles. The number of benzene rings is 1. The highest BCUT2D eigenvalue weighted by molar-refractivity contribution is 6.27. The molecule has 3 aliphatic carbocycles. The lowest BCUT2D eigenvalue weighted by Gasteiger charge is -2.31. The first-order valence-electron chi connectivity index (χ1n) is 12.5. The van der Waals surface area contributed by atoms with Crippen LogP contribution in [0, 0.1) is 20.2 Å². The molecule has 0 unspecified atom stereocenters. The zero-order valence-corrected chi connectivity index (χ0v) is 19.6. The van der Waals surface area contributed by atoms with Gasteiger partial charge < -0.3 is 0 Å². The van der Waals surface area contributed by atoms with Crippen molar-refractivity contribution >= 4 is 11.6 Å². The molecule has 182 valence electrons. The quantitative estimate of drug-likeness (QED) is 0.292. The highest BCUT2D eigenvalue weighted by Crippen LogP contribution is 2.43. The predicted octanol–water partition coefficient (Wildman–Crippen LogP) is 5.88. The molecule has 0 radical (unpaired) electrons. The number of carbonyl (C=O) groups excluding carboxylic acids is 2. The van der Waals surface area contributed by atoms with Crippen molar-refractivity contribution in [2.75, 3.05) is 0 Å². The molecule has 0 N–H and O–H groups in total. The van der Waals surface area contributed by atoms with E-state index in [4.69, 9.17) is 0 Å². The van der Waals surface area contributed by atoms with E-state index in [2.05, 4.69) is 0 Å². The summed E-state index contributed by atoms with van der Waals surface area (Å²) in [7, 11) is 0. The van der Waals surface area contributed by atoms with Crippen LogP contribution in [0.25, 0.3) is 0 Å². The van der Waals surface area contributed by atoms with E-state index in [1.54, 1.807) is 24.3 Å². The molecule has 34 heavy (non-hydrogen) atoms. The summed E-state index contributed by atoms with van der Waals surface area (Å²) in [4.78, 5) is 51.5. The minimum atomic E-state index is -1.31. The second kappa shape index (κ2) is 9.76. The molecule has 0 aliphatic heterocycles. The van der Waals surface area contributed by atoms with Crippen LogP contribution in [0.15, 0.2) is 35.4 Å². The minimum Gasteiger partial charge on any atom is -0.289 e. The molecule has 0 atom stereocenters. The average Bonchev–Trinajstić information content (AvgIpc) is 3.22. The van der Waals surface area contributed by atoms with Crippen LogP contribution < -0.4 is 0 Å². The number of hydrogen-bond donors (Lipinski definition) is 0. The molecule has 2 fully saturated rings. The summed E-state index contributed by atoms with van der Waals surface area (Å²) in [6.45, 7) is 0. The Morgan fingerprint density at radius 3 is 1.24 bits per heavy atom. The van der Waals surface area contributed by atoms with Crippen LogP contribution in [0.1, 0.15) is 111 Å². The van der Waals surface area contributed by atoms with Gasteiger partial charge in [-0.3, -0.25) is 29.8 Å². The molecule has 8 heteroatoms. The van der Waals surface area contributed by atoms with E-state index in [0.29, 0.717) is 51.4 Å². The molecule has 0 amide bonds. The number of fused-ring (bicyclic) bond motifs is 1. The van der Waals surface area contributed by atoms with Crippen LogP contribution in [0.3, 0.4) is 0 Å². The van der Waals surface area contributed by atoms with E-state index in [0.717, 1.165) is 25.7 Å². The monoisotopic (exact) mass is 468 g/mol. The maximum Gasteiger partial charge on any atom is 0.226 e. The van der Waals surface area contributed by atoms with Crippen LogP contribution in [-0.4, -0.2) is 32.5 Å². The van der Waals surface area contributed by atoms with Gasteiger partial charge in [-0.05, 0) is 25.7 Å². The smallest absolute Gasteiger partial charge is 0.226 e. The van der Waals surface area contributed by atoms with Gasteiger partial charge in [-0.2, -0.15) is 0 Å². The summed E-state index contributed by atoms with van der Waals surface area (Å²) in [6, 6.07) is 6.50. The molecule has 0 heterocycles. The molecule has 3 aliphatic rings. The minimum absolute atomic E-state index is 0.132. The SMILES string of the molecule is O=C1C(CC2([N+](=O)[O-])CCCCCC2)=C(CC2([N+](=O)[O-])CCCCCC2)C(=O)c2ccccc21. The molecule has 1 aromatic rings. The fraction of sp³-hybridized carbons (Fsp3) is 0.615. The maximum absolute atomic E-state index is 13.7. The Kier molecular flexibility index (Phi) is 6.96. The molecule has 8 nitrogen and oxygen atoms in total. The van der Waals surface area contributed by atoms with Gasteiger partial charge in [0.25, 0.3) is 0 Å². The van der Waals surface area contributed by atoms with Crippen molar-refractivity contribution in [2.24, 2.45) is 0 Å². The molecule has 4 rings (SSSR count). The van der Waals surface area contributed by atoms with E-state index < -0.39 is 11.1 Å². The summed E-state index contributed by atoms with van der Waals surface area (Å²) in [5.74, 6) is -0.773. The van der Waals surface area contributed by atoms with Crippen molar-refractivity contribution in [3.63, 3.8) is 0 Å². The second-order valence-electron chi connectivity index (χ2n) is 10.3. The van der Waals surface area contributed by atoms with Crippen LogP contribution in [0.5, 0.6) is 0 Å². The van der Waals surface area contributed by atoms with Crippen molar-refractivity contribution < 1.29 is 19.4 Å². The molecular weight excluding hydrogens is 436 g/mol. The van der Waals surface area contributed by atoms with E-state index in [1.165, 1.54) is 0 Å². The Morgan fingerprint density at radius 2 is 0.941 bits per heavy atom. The maximum atomic E-state index is 13.7. The van der Waals surface area contributed by atoms with Crippen LogP contribution in [0.2, 0.25) is 0 Å². The standard InChI is InChI=1S/C26H32N2O6/c29-23-19-11-5-6-12-20(19)24(30)22(18-26(28(33)34)15-9-3-4-10-16-26)21(23)17-25(27(31)32)13-7-1-2-8-14-25/h5-6,11-12H,1-4,7-10,13-18H2. The van der Waals surface area contributed by atoms with Crippen molar-refractivity contribution in [2.45, 2.75) is 101 Å². The molecule has 0 bridgehead atoms. The van der Waals surface area contributed by atoms with Gasteiger partial charge in [-0.15, -0.1) is 0 Å². The van der Waals surface area contributed by atoms with E-state index in [-0.39, 0.29) is 56.5 Å². The van der Waals surface area contributed by atoms with Gasteiger partial charge in [0.15, 0.2) is 11.6 Å². The van der Waals surface area contributed by atoms with Gasteiger partial charge in [0.05, 0.1) is 0 Å². The lowest BCUT2D eigenvalue weighted by atomic mass is 9.72. The third-order valence-electron chi connectivity index (χ3n) is 8.18. The highest BCUT2D eigenvalue weighted by Gasteiger charge is 2.50. The highest BCUT2D eigenvalue weighted by atomic mass is 16.6. The first kappa shape index (κ1) is 24.2. The van der Waals surface area contributed by atoms with Gasteiger partial charge in [0.2, 0.25) is 11.1 Å². The topological polar surface area (TPSA) is 120 Å². The number of carbonyl (C=O) groups is 2. The van der Waals surface area contributed by atoms with E-state index in [9.17, 15) is 29.8 Å². The van der Waals surface area contributed by atoms with Gasteiger partial charge in [0.1, 0.15) is 0 Å². The Morgan fingerprint density at radius 1 is 0.618 bits per heavy atom. The molecule has 1 aromatic carbocycles. The van der Waals surface area contributed by atoms with E-state index in [1.807, 2.05) is 0 Å². The molecule has 2 saturated carbocycles. The summed E-state index contributed by atoms with van der Waals surface area (Å²) in [6.07, 6.45) is 7.52. The van der Waals surface area contributed by atoms with Gasteiger partial charge >= 0.3 is 0 Å². The summed E-state index contributed by atoms with van der Waals surface area (Å²) in [5.41, 5.74) is -1.88. The van der Waals surface area contributed by atoms with Gasteiger partial charge in [0, 0.05) is 70.6 Å². The van der Waals surface area contributed by atoms with Crippen molar-refractivity contribution in [1.82, 2.24) is 0 Å². The van der Waals surface area contributed by atoms with Crippen LogP contribution in [-0.2, 0) is 0 Å². The Labute approximate surface area is 199 Å². The van der Waals surface area contributed by atoms with Crippen LogP contribution in [0.4, 0.5) is 0 Å². The van der Waals surface area contributed by atoms with Crippen LogP contribution >= 0.6 is 0 Å². The number of hydrogen-bond acceptors (Lipinski definition) is 6. The summed E-state index contributed by atoms with van der Waals surface area (Å²) in [5, 5.41) is 24.7. The number of ketones is 2. The number of nitrogens with zero attached hydrogens (tertiary/aromatic N) is 2. The van der Waals surface area contributed by atoms with Crippen molar-refractivity contribution in [1.29, 1.82) is 0 Å². The third kappa shape index (κ3) is 4.42. The first-order valence-corrected chi connectivity index (χ1v) is 12.5. The van der Waals surface area contributed by atoms with Gasteiger partial charge in [-0.25, -0.2) is 0 Å². The zero-order chi connectivity index (χ0) is 24.3. The molecular formula is C26H32N2O6. The van der Waals surface area contributed by atoms with Crippen molar-refractivity contribution in [3.05, 3.63) is 66.8 Å². The third-order valence-corrected chi connectivity index (χ3v) is 8.18. The predicted molar refractivity (Wildman–Crippen MR) is 126 cm³/mol. The fourth-order valence-corrected chi connectivity index (χ4v) is 6.13. The van der Waals surface area contributed by atoms with Gasteiger partial charge in [-0.1, -0.05) is 49.9 Å². The average molecular weight is 469 g/mol.